The number of anilines is 1. The number of nitro benzene ring substituents is 1. The predicted octanol–water partition coefficient (Wildman–Crippen LogP) is 2.47. The normalized spacial score (nSPS) is 18.4. The quantitative estimate of drug-likeness (QED) is 0.671. The zero-order valence-corrected chi connectivity index (χ0v) is 11.5. The molecule has 1 aliphatic heterocycles. The molecule has 0 aliphatic carbocycles. The lowest BCUT2D eigenvalue weighted by atomic mass is 9.90. The second-order valence-electron chi connectivity index (χ2n) is 5.36. The molecule has 1 heterocycles. The maximum absolute atomic E-state index is 11.0. The molecule has 0 radical (unpaired) electrons. The predicted molar refractivity (Wildman–Crippen MR) is 76.4 cm³/mol. The Hall–Kier alpha value is -1.62. The van der Waals surface area contributed by atoms with Crippen LogP contribution < -0.4 is 10.6 Å². The van der Waals surface area contributed by atoms with Crippen molar-refractivity contribution in [2.24, 2.45) is 11.7 Å². The number of nitro groups is 1. The Balaban J connectivity index is 2.16. The standard InChI is InChI=1S/C14H21N3O2/c1-10-13(4-3-5-14(10)17(18)19)16-8-6-12(7-9-16)11(2)15/h3-5,11-12H,6-9,15H2,1-2H3. The van der Waals surface area contributed by atoms with E-state index in [0.717, 1.165) is 37.2 Å². The first kappa shape index (κ1) is 13.8. The molecule has 1 saturated heterocycles. The third-order valence-corrected chi connectivity index (χ3v) is 4.10. The van der Waals surface area contributed by atoms with Gasteiger partial charge >= 0.3 is 0 Å². The lowest BCUT2D eigenvalue weighted by Crippen LogP contribution is -2.40. The molecule has 1 unspecified atom stereocenters. The number of nitrogens with two attached hydrogens (primary N) is 1. The molecule has 2 N–H and O–H groups in total. The SMILES string of the molecule is Cc1c(N2CCC(C(C)N)CC2)cccc1[N+](=O)[O-]. The van der Waals surface area contributed by atoms with Gasteiger partial charge in [0, 0.05) is 30.9 Å². The third-order valence-electron chi connectivity index (χ3n) is 4.10. The van der Waals surface area contributed by atoms with Crippen molar-refractivity contribution < 1.29 is 4.92 Å². The van der Waals surface area contributed by atoms with Gasteiger partial charge in [-0.25, -0.2) is 0 Å². The van der Waals surface area contributed by atoms with Crippen LogP contribution in [0.2, 0.25) is 0 Å². The van der Waals surface area contributed by atoms with E-state index in [-0.39, 0.29) is 16.7 Å². The fourth-order valence-corrected chi connectivity index (χ4v) is 2.82. The number of nitrogens with zero attached hydrogens (tertiary/aromatic N) is 2. The maximum Gasteiger partial charge on any atom is 0.274 e. The highest BCUT2D eigenvalue weighted by Crippen LogP contribution is 2.31. The highest BCUT2D eigenvalue weighted by Gasteiger charge is 2.24. The van der Waals surface area contributed by atoms with Crippen LogP contribution >= 0.6 is 0 Å². The first-order valence-corrected chi connectivity index (χ1v) is 6.75. The summed E-state index contributed by atoms with van der Waals surface area (Å²) in [5.74, 6) is 0.565. The van der Waals surface area contributed by atoms with E-state index in [0.29, 0.717) is 5.92 Å². The van der Waals surface area contributed by atoms with E-state index in [9.17, 15) is 10.1 Å². The minimum absolute atomic E-state index is 0.201. The van der Waals surface area contributed by atoms with E-state index in [2.05, 4.69) is 11.8 Å². The number of piperidine rings is 1. The van der Waals surface area contributed by atoms with Crippen LogP contribution in [0.5, 0.6) is 0 Å². The van der Waals surface area contributed by atoms with Gasteiger partial charge in [-0.15, -0.1) is 0 Å². The van der Waals surface area contributed by atoms with E-state index in [1.54, 1.807) is 12.1 Å². The molecule has 0 saturated carbocycles. The Kier molecular flexibility index (Phi) is 4.04. The van der Waals surface area contributed by atoms with Gasteiger partial charge in [0.1, 0.15) is 0 Å². The molecule has 0 bridgehead atoms. The van der Waals surface area contributed by atoms with Crippen molar-refractivity contribution >= 4 is 11.4 Å². The number of rotatable bonds is 3. The average molecular weight is 263 g/mol. The number of hydrogen-bond donors (Lipinski definition) is 1. The summed E-state index contributed by atoms with van der Waals surface area (Å²) in [4.78, 5) is 12.9. The molecule has 19 heavy (non-hydrogen) atoms. The van der Waals surface area contributed by atoms with Crippen molar-refractivity contribution in [3.63, 3.8) is 0 Å². The van der Waals surface area contributed by atoms with Crippen LogP contribution in [0, 0.1) is 23.0 Å². The summed E-state index contributed by atoms with van der Waals surface area (Å²) in [5.41, 5.74) is 7.88. The molecule has 0 amide bonds. The van der Waals surface area contributed by atoms with E-state index in [1.807, 2.05) is 13.0 Å². The first-order chi connectivity index (χ1) is 9.00. The van der Waals surface area contributed by atoms with E-state index in [4.69, 9.17) is 5.73 Å². The molecule has 1 fully saturated rings. The molecule has 1 aromatic carbocycles. The van der Waals surface area contributed by atoms with Crippen LogP contribution in [0.15, 0.2) is 18.2 Å². The molecule has 104 valence electrons. The van der Waals surface area contributed by atoms with Gasteiger partial charge in [0.2, 0.25) is 0 Å². The van der Waals surface area contributed by atoms with E-state index >= 15 is 0 Å². The van der Waals surface area contributed by atoms with Crippen LogP contribution in [0.25, 0.3) is 0 Å². The Bertz CT molecular complexity index is 466. The molecular weight excluding hydrogens is 242 g/mol. The minimum atomic E-state index is -0.312. The first-order valence-electron chi connectivity index (χ1n) is 6.75. The van der Waals surface area contributed by atoms with Crippen molar-refractivity contribution in [2.45, 2.75) is 32.7 Å². The lowest BCUT2D eigenvalue weighted by Gasteiger charge is -2.35. The monoisotopic (exact) mass is 263 g/mol. The van der Waals surface area contributed by atoms with Crippen LogP contribution in [0.1, 0.15) is 25.3 Å². The molecule has 5 nitrogen and oxygen atoms in total. The van der Waals surface area contributed by atoms with Gasteiger partial charge in [-0.05, 0) is 38.7 Å². The number of hydrogen-bond acceptors (Lipinski definition) is 4. The molecule has 0 spiro atoms. The Morgan fingerprint density at radius 2 is 2.05 bits per heavy atom. The Morgan fingerprint density at radius 1 is 1.42 bits per heavy atom. The molecule has 1 atom stereocenters. The maximum atomic E-state index is 11.0. The van der Waals surface area contributed by atoms with Crippen LogP contribution in [-0.4, -0.2) is 24.1 Å². The summed E-state index contributed by atoms with van der Waals surface area (Å²) in [6, 6.07) is 5.52. The summed E-state index contributed by atoms with van der Waals surface area (Å²) in [5, 5.41) is 11.0. The van der Waals surface area contributed by atoms with Crippen LogP contribution in [-0.2, 0) is 0 Å². The van der Waals surface area contributed by atoms with Gasteiger partial charge in [-0.2, -0.15) is 0 Å². The van der Waals surface area contributed by atoms with Gasteiger partial charge in [0.05, 0.1) is 10.5 Å². The van der Waals surface area contributed by atoms with Crippen molar-refractivity contribution in [1.82, 2.24) is 0 Å². The third kappa shape index (κ3) is 2.87. The summed E-state index contributed by atoms with van der Waals surface area (Å²) >= 11 is 0. The molecular formula is C14H21N3O2. The fraction of sp³-hybridized carbons (Fsp3) is 0.571. The zero-order chi connectivity index (χ0) is 14.0. The van der Waals surface area contributed by atoms with Crippen molar-refractivity contribution in [1.29, 1.82) is 0 Å². The van der Waals surface area contributed by atoms with Gasteiger partial charge in [-0.1, -0.05) is 6.07 Å². The molecule has 0 aromatic heterocycles. The topological polar surface area (TPSA) is 72.4 Å². The molecule has 2 rings (SSSR count). The van der Waals surface area contributed by atoms with Crippen molar-refractivity contribution in [3.05, 3.63) is 33.9 Å². The summed E-state index contributed by atoms with van der Waals surface area (Å²) in [6.45, 7) is 5.73. The summed E-state index contributed by atoms with van der Waals surface area (Å²) < 4.78 is 0. The zero-order valence-electron chi connectivity index (χ0n) is 11.5. The van der Waals surface area contributed by atoms with E-state index in [1.165, 1.54) is 0 Å². The number of benzene rings is 1. The van der Waals surface area contributed by atoms with Crippen LogP contribution in [0.3, 0.4) is 0 Å². The minimum Gasteiger partial charge on any atom is -0.371 e. The highest BCUT2D eigenvalue weighted by atomic mass is 16.6. The van der Waals surface area contributed by atoms with Crippen molar-refractivity contribution in [2.75, 3.05) is 18.0 Å². The highest BCUT2D eigenvalue weighted by molar-refractivity contribution is 5.61. The second kappa shape index (κ2) is 5.57. The van der Waals surface area contributed by atoms with Gasteiger partial charge < -0.3 is 10.6 Å². The molecule has 1 aromatic rings. The fourth-order valence-electron chi connectivity index (χ4n) is 2.82. The van der Waals surface area contributed by atoms with Crippen molar-refractivity contribution in [3.8, 4) is 0 Å². The Labute approximate surface area is 113 Å². The Morgan fingerprint density at radius 3 is 2.58 bits per heavy atom. The van der Waals surface area contributed by atoms with Gasteiger partial charge in [-0.3, -0.25) is 10.1 Å². The lowest BCUT2D eigenvalue weighted by molar-refractivity contribution is -0.385. The van der Waals surface area contributed by atoms with E-state index < -0.39 is 0 Å². The van der Waals surface area contributed by atoms with Gasteiger partial charge in [0.15, 0.2) is 0 Å². The second-order valence-corrected chi connectivity index (χ2v) is 5.36. The summed E-state index contributed by atoms with van der Waals surface area (Å²) in [7, 11) is 0. The van der Waals surface area contributed by atoms with Gasteiger partial charge in [0.25, 0.3) is 5.69 Å². The molecule has 5 heteroatoms. The average Bonchev–Trinajstić information content (AvgIpc) is 2.38. The van der Waals surface area contributed by atoms with Crippen LogP contribution in [0.4, 0.5) is 11.4 Å². The summed E-state index contributed by atoms with van der Waals surface area (Å²) in [6.07, 6.45) is 2.11. The smallest absolute Gasteiger partial charge is 0.274 e. The molecule has 1 aliphatic rings. The largest absolute Gasteiger partial charge is 0.371 e.